The van der Waals surface area contributed by atoms with E-state index in [2.05, 4.69) is 30.5 Å². The van der Waals surface area contributed by atoms with E-state index in [1.165, 1.54) is 16.2 Å². The number of thioether (sulfide) groups is 1. The number of amides is 1. The first-order valence-corrected chi connectivity index (χ1v) is 12.0. The van der Waals surface area contributed by atoms with Gasteiger partial charge in [0.15, 0.2) is 0 Å². The molecule has 2 aliphatic rings. The molecule has 4 nitrogen and oxygen atoms in total. The second-order valence-electron chi connectivity index (χ2n) is 7.80. The van der Waals surface area contributed by atoms with Crippen LogP contribution in [0.2, 0.25) is 0 Å². The van der Waals surface area contributed by atoms with Gasteiger partial charge in [-0.05, 0) is 53.8 Å². The van der Waals surface area contributed by atoms with Crippen molar-refractivity contribution in [3.8, 4) is 11.1 Å². The molecule has 2 aromatic heterocycles. The topological polar surface area (TPSA) is 42.3 Å². The fraction of sp³-hybridized carbons (Fsp3) is 0.304. The highest BCUT2D eigenvalue weighted by atomic mass is 32.2. The van der Waals surface area contributed by atoms with Crippen molar-refractivity contribution >= 4 is 29.0 Å². The van der Waals surface area contributed by atoms with E-state index in [0.29, 0.717) is 19.0 Å². The van der Waals surface area contributed by atoms with Crippen molar-refractivity contribution in [2.75, 3.05) is 19.3 Å². The molecule has 1 fully saturated rings. The number of benzene rings is 1. The summed E-state index contributed by atoms with van der Waals surface area (Å²) in [5, 5.41) is 1.95. The van der Waals surface area contributed by atoms with E-state index in [1.807, 2.05) is 33.0 Å². The first-order chi connectivity index (χ1) is 14.1. The molecule has 0 saturated carbocycles. The van der Waals surface area contributed by atoms with Crippen LogP contribution in [0.3, 0.4) is 0 Å². The van der Waals surface area contributed by atoms with Crippen LogP contribution in [0.1, 0.15) is 27.7 Å². The van der Waals surface area contributed by atoms with Gasteiger partial charge < -0.3 is 9.47 Å². The molecule has 2 atom stereocenters. The monoisotopic (exact) mass is 422 g/mol. The minimum absolute atomic E-state index is 0.0669. The van der Waals surface area contributed by atoms with E-state index < -0.39 is 0 Å². The predicted octanol–water partition coefficient (Wildman–Crippen LogP) is 4.56. The Balaban J connectivity index is 1.54. The number of likely N-dealkylation sites (tertiary alicyclic amines) is 1. The molecule has 29 heavy (non-hydrogen) atoms. The van der Waals surface area contributed by atoms with Crippen LogP contribution in [0.5, 0.6) is 0 Å². The van der Waals surface area contributed by atoms with Crippen LogP contribution in [-0.4, -0.2) is 34.7 Å². The van der Waals surface area contributed by atoms with Gasteiger partial charge in [-0.2, -0.15) is 0 Å². The summed E-state index contributed by atoms with van der Waals surface area (Å²) in [6.07, 6.45) is 3.11. The number of carbonyl (C=O) groups is 1. The number of piperidine rings is 1. The second kappa shape index (κ2) is 7.50. The van der Waals surface area contributed by atoms with Crippen LogP contribution in [0.4, 0.5) is 0 Å². The molecule has 4 heterocycles. The van der Waals surface area contributed by atoms with E-state index in [0.717, 1.165) is 34.7 Å². The Hall–Kier alpha value is -2.31. The number of thiophene rings is 1. The Kier molecular flexibility index (Phi) is 4.84. The zero-order chi connectivity index (χ0) is 20.0. The molecule has 2 bridgehead atoms. The Bertz CT molecular complexity index is 1100. The fourth-order valence-corrected chi connectivity index (χ4v) is 5.85. The predicted molar refractivity (Wildman–Crippen MR) is 119 cm³/mol. The molecule has 1 aromatic carbocycles. The van der Waals surface area contributed by atoms with Crippen LogP contribution in [0.15, 0.2) is 63.6 Å². The molecule has 148 valence electrons. The fourth-order valence-electron chi connectivity index (χ4n) is 4.75. The summed E-state index contributed by atoms with van der Waals surface area (Å²) in [5.41, 5.74) is 3.41. The summed E-state index contributed by atoms with van der Waals surface area (Å²) in [6.45, 7) is 2.09. The van der Waals surface area contributed by atoms with Crippen molar-refractivity contribution in [3.63, 3.8) is 0 Å². The van der Waals surface area contributed by atoms with Gasteiger partial charge in [0.25, 0.3) is 11.5 Å². The van der Waals surface area contributed by atoms with E-state index in [1.54, 1.807) is 17.8 Å². The van der Waals surface area contributed by atoms with Gasteiger partial charge >= 0.3 is 0 Å². The summed E-state index contributed by atoms with van der Waals surface area (Å²) in [5.74, 6) is 0.639. The lowest BCUT2D eigenvalue weighted by Crippen LogP contribution is -2.49. The molecule has 1 amide bonds. The number of nitrogens with zero attached hydrogens (tertiary/aromatic N) is 2. The zero-order valence-corrected chi connectivity index (χ0v) is 17.8. The molecule has 1 saturated heterocycles. The number of fused-ring (bicyclic) bond motifs is 4. The number of carbonyl (C=O) groups excluding carboxylic acids is 1. The van der Waals surface area contributed by atoms with Crippen molar-refractivity contribution in [2.24, 2.45) is 5.92 Å². The van der Waals surface area contributed by atoms with Gasteiger partial charge in [0, 0.05) is 47.8 Å². The second-order valence-corrected chi connectivity index (χ2v) is 9.62. The van der Waals surface area contributed by atoms with E-state index in [-0.39, 0.29) is 17.4 Å². The Labute approximate surface area is 178 Å². The van der Waals surface area contributed by atoms with Gasteiger partial charge in [0.1, 0.15) is 0 Å². The molecule has 5 rings (SSSR count). The number of aromatic nitrogens is 1. The van der Waals surface area contributed by atoms with Gasteiger partial charge in [-0.1, -0.05) is 18.2 Å². The Morgan fingerprint density at radius 2 is 1.90 bits per heavy atom. The van der Waals surface area contributed by atoms with Crippen LogP contribution < -0.4 is 5.56 Å². The molecule has 0 unspecified atom stereocenters. The first kappa shape index (κ1) is 18.7. The SMILES string of the molecule is CSc1ccc(-c2ccc(=O)n3c2[C@H]2C[C@@H](CN(C(=O)c4cccs4)C2)C3)cc1. The number of hydrogen-bond donors (Lipinski definition) is 0. The van der Waals surface area contributed by atoms with E-state index in [9.17, 15) is 9.59 Å². The van der Waals surface area contributed by atoms with Crippen molar-refractivity contribution < 1.29 is 4.79 Å². The minimum atomic E-state index is 0.0669. The average Bonchev–Trinajstić information content (AvgIpc) is 3.29. The first-order valence-electron chi connectivity index (χ1n) is 9.85. The molecular weight excluding hydrogens is 400 g/mol. The molecule has 0 spiro atoms. The maximum Gasteiger partial charge on any atom is 0.263 e. The van der Waals surface area contributed by atoms with Crippen molar-refractivity contribution in [2.45, 2.75) is 23.8 Å². The third kappa shape index (κ3) is 3.34. The molecule has 2 aliphatic heterocycles. The van der Waals surface area contributed by atoms with E-state index in [4.69, 9.17) is 0 Å². The zero-order valence-electron chi connectivity index (χ0n) is 16.2. The van der Waals surface area contributed by atoms with Crippen LogP contribution in [0, 0.1) is 5.92 Å². The Morgan fingerprint density at radius 1 is 1.07 bits per heavy atom. The lowest BCUT2D eigenvalue weighted by molar-refractivity contribution is 0.0600. The minimum Gasteiger partial charge on any atom is -0.337 e. The Morgan fingerprint density at radius 3 is 2.62 bits per heavy atom. The van der Waals surface area contributed by atoms with Crippen LogP contribution in [-0.2, 0) is 6.54 Å². The maximum absolute atomic E-state index is 13.0. The van der Waals surface area contributed by atoms with Gasteiger partial charge in [-0.3, -0.25) is 9.59 Å². The largest absolute Gasteiger partial charge is 0.337 e. The number of pyridine rings is 1. The average molecular weight is 423 g/mol. The van der Waals surface area contributed by atoms with Crippen molar-refractivity contribution in [1.82, 2.24) is 9.47 Å². The third-order valence-corrected chi connectivity index (χ3v) is 7.61. The maximum atomic E-state index is 13.0. The van der Waals surface area contributed by atoms with E-state index >= 15 is 0 Å². The lowest BCUT2D eigenvalue weighted by Gasteiger charge is -2.43. The summed E-state index contributed by atoms with van der Waals surface area (Å²) in [7, 11) is 0. The van der Waals surface area contributed by atoms with Crippen LogP contribution in [0.25, 0.3) is 11.1 Å². The highest BCUT2D eigenvalue weighted by Crippen LogP contribution is 2.40. The van der Waals surface area contributed by atoms with Gasteiger partial charge in [-0.25, -0.2) is 0 Å². The number of hydrogen-bond acceptors (Lipinski definition) is 4. The third-order valence-electron chi connectivity index (χ3n) is 6.01. The summed E-state index contributed by atoms with van der Waals surface area (Å²) in [4.78, 5) is 29.6. The smallest absolute Gasteiger partial charge is 0.263 e. The quantitative estimate of drug-likeness (QED) is 0.581. The molecule has 0 N–H and O–H groups in total. The molecule has 0 aliphatic carbocycles. The van der Waals surface area contributed by atoms with Gasteiger partial charge in [-0.15, -0.1) is 23.1 Å². The lowest BCUT2D eigenvalue weighted by atomic mass is 9.80. The number of rotatable bonds is 3. The van der Waals surface area contributed by atoms with Crippen molar-refractivity contribution in [3.05, 3.63) is 74.8 Å². The summed E-state index contributed by atoms with van der Waals surface area (Å²) in [6, 6.07) is 16.0. The normalized spacial score (nSPS) is 20.4. The highest BCUT2D eigenvalue weighted by Gasteiger charge is 2.38. The summed E-state index contributed by atoms with van der Waals surface area (Å²) < 4.78 is 1.96. The molecule has 6 heteroatoms. The molecule has 3 aromatic rings. The van der Waals surface area contributed by atoms with Gasteiger partial charge in [0.05, 0.1) is 4.88 Å². The molecule has 0 radical (unpaired) electrons. The van der Waals surface area contributed by atoms with Crippen LogP contribution >= 0.6 is 23.1 Å². The standard InChI is InChI=1S/C23H22N2O2S2/c1-28-18-6-4-16(5-7-18)19-8-9-21(26)25-13-15-11-17(22(19)25)14-24(12-15)23(27)20-3-2-10-29-20/h2-10,15,17H,11-14H2,1H3/t15-,17-/m0/s1. The molecular formula is C23H22N2O2S2. The summed E-state index contributed by atoms with van der Waals surface area (Å²) >= 11 is 3.22. The van der Waals surface area contributed by atoms with Gasteiger partial charge in [0.2, 0.25) is 0 Å². The van der Waals surface area contributed by atoms with Crippen molar-refractivity contribution in [1.29, 1.82) is 0 Å². The highest BCUT2D eigenvalue weighted by molar-refractivity contribution is 7.98.